The molecule has 2 N–H and O–H groups in total. The van der Waals surface area contributed by atoms with Crippen LogP contribution in [0, 0.1) is 0 Å². The Balaban J connectivity index is 2.12. The molecular weight excluding hydrogens is 226 g/mol. The second-order valence-electron chi connectivity index (χ2n) is 3.53. The van der Waals surface area contributed by atoms with E-state index in [2.05, 4.69) is 10.4 Å². The van der Waals surface area contributed by atoms with E-state index in [-0.39, 0.29) is 12.5 Å². The summed E-state index contributed by atoms with van der Waals surface area (Å²) in [5, 5.41) is 18.5. The number of aliphatic hydroxyl groups is 1. The summed E-state index contributed by atoms with van der Waals surface area (Å²) in [6.07, 6.45) is -0.776. The lowest BCUT2D eigenvalue weighted by Crippen LogP contribution is -2.39. The van der Waals surface area contributed by atoms with Crippen LogP contribution in [0.2, 0.25) is 0 Å². The van der Waals surface area contributed by atoms with Gasteiger partial charge in [0.1, 0.15) is 11.4 Å². The largest absolute Gasteiger partial charge is 0.370 e. The first kappa shape index (κ1) is 9.56. The molecule has 5 nitrogen and oxygen atoms in total. The maximum atomic E-state index is 11.5. The number of aromatic nitrogens is 2. The summed E-state index contributed by atoms with van der Waals surface area (Å²) in [6, 6.07) is 5.56. The number of carbonyl (C=O) groups excluding carboxylic acids is 1. The fourth-order valence-electron chi connectivity index (χ4n) is 1.70. The van der Waals surface area contributed by atoms with Crippen LogP contribution in [0.1, 0.15) is 16.7 Å². The van der Waals surface area contributed by atoms with Crippen molar-refractivity contribution in [3.05, 3.63) is 29.3 Å². The standard InChI is InChI=1S/C10H9N3O2S/c14-9-5-11-10(15)7-4-6(12-13(7)9)8-2-1-3-16-8/h1-4,9,14H,5H2,(H,11,15)/t9-/m1/s1. The zero-order valence-corrected chi connectivity index (χ0v) is 9.07. The molecule has 1 amide bonds. The lowest BCUT2D eigenvalue weighted by Gasteiger charge is -2.19. The quantitative estimate of drug-likeness (QED) is 0.770. The minimum atomic E-state index is -0.776. The van der Waals surface area contributed by atoms with Crippen molar-refractivity contribution in [2.24, 2.45) is 0 Å². The molecular formula is C10H9N3O2S. The van der Waals surface area contributed by atoms with Crippen molar-refractivity contribution in [1.82, 2.24) is 15.1 Å². The highest BCUT2D eigenvalue weighted by atomic mass is 32.1. The van der Waals surface area contributed by atoms with Crippen LogP contribution >= 0.6 is 11.3 Å². The SMILES string of the molecule is O=C1NC[C@@H](O)n2nc(-c3cccs3)cc21. The van der Waals surface area contributed by atoms with Gasteiger partial charge in [-0.25, -0.2) is 4.68 Å². The summed E-state index contributed by atoms with van der Waals surface area (Å²) >= 11 is 1.55. The van der Waals surface area contributed by atoms with Crippen molar-refractivity contribution in [3.8, 4) is 10.6 Å². The number of carbonyl (C=O) groups is 1. The monoisotopic (exact) mass is 235 g/mol. The minimum absolute atomic E-state index is 0.194. The summed E-state index contributed by atoms with van der Waals surface area (Å²) in [7, 11) is 0. The van der Waals surface area contributed by atoms with Crippen molar-refractivity contribution < 1.29 is 9.90 Å². The summed E-state index contributed by atoms with van der Waals surface area (Å²) in [4.78, 5) is 12.5. The van der Waals surface area contributed by atoms with Crippen LogP contribution in [0.5, 0.6) is 0 Å². The summed E-state index contributed by atoms with van der Waals surface area (Å²) in [6.45, 7) is 0.206. The van der Waals surface area contributed by atoms with Crippen LogP contribution in [0.4, 0.5) is 0 Å². The van der Waals surface area contributed by atoms with Gasteiger partial charge in [-0.1, -0.05) is 6.07 Å². The molecule has 1 aliphatic rings. The third-order valence-corrected chi connectivity index (χ3v) is 3.36. The normalized spacial score (nSPS) is 19.3. The molecule has 0 aromatic carbocycles. The predicted octanol–water partition coefficient (Wildman–Crippen LogP) is 0.846. The fourth-order valence-corrected chi connectivity index (χ4v) is 2.38. The Bertz CT molecular complexity index is 532. The highest BCUT2D eigenvalue weighted by Gasteiger charge is 2.25. The van der Waals surface area contributed by atoms with Gasteiger partial charge in [0.15, 0.2) is 6.23 Å². The third kappa shape index (κ3) is 1.35. The van der Waals surface area contributed by atoms with Gasteiger partial charge in [0, 0.05) is 0 Å². The molecule has 16 heavy (non-hydrogen) atoms. The smallest absolute Gasteiger partial charge is 0.269 e. The predicted molar refractivity (Wildman–Crippen MR) is 59.1 cm³/mol. The number of thiophene rings is 1. The Kier molecular flexibility index (Phi) is 2.05. The average Bonchev–Trinajstić information content (AvgIpc) is 2.90. The molecule has 82 valence electrons. The first-order valence-electron chi connectivity index (χ1n) is 4.85. The zero-order chi connectivity index (χ0) is 11.1. The van der Waals surface area contributed by atoms with E-state index in [0.29, 0.717) is 5.69 Å². The van der Waals surface area contributed by atoms with Crippen molar-refractivity contribution in [2.45, 2.75) is 6.23 Å². The van der Waals surface area contributed by atoms with Crippen LogP contribution in [-0.2, 0) is 0 Å². The molecule has 0 fully saturated rings. The summed E-state index contributed by atoms with van der Waals surface area (Å²) < 4.78 is 1.37. The average molecular weight is 235 g/mol. The number of amides is 1. The molecule has 0 saturated carbocycles. The van der Waals surface area contributed by atoms with Gasteiger partial charge in [0.2, 0.25) is 0 Å². The summed E-state index contributed by atoms with van der Waals surface area (Å²) in [5.74, 6) is -0.194. The molecule has 6 heteroatoms. The van der Waals surface area contributed by atoms with Crippen LogP contribution in [0.25, 0.3) is 10.6 Å². The van der Waals surface area contributed by atoms with E-state index in [4.69, 9.17) is 0 Å². The number of nitrogens with one attached hydrogen (secondary N) is 1. The molecule has 2 aromatic heterocycles. The number of β-amino-alcohol motifs (C(OH)–C–C–N with tert-alkyl or cyclic N) is 1. The molecule has 3 rings (SSSR count). The Hall–Kier alpha value is -1.66. The van der Waals surface area contributed by atoms with Crippen LogP contribution in [0.15, 0.2) is 23.6 Å². The van der Waals surface area contributed by atoms with Gasteiger partial charge < -0.3 is 10.4 Å². The van der Waals surface area contributed by atoms with E-state index in [0.717, 1.165) is 10.6 Å². The van der Waals surface area contributed by atoms with E-state index in [1.54, 1.807) is 17.4 Å². The molecule has 0 radical (unpaired) electrons. The highest BCUT2D eigenvalue weighted by molar-refractivity contribution is 7.13. The Morgan fingerprint density at radius 2 is 2.50 bits per heavy atom. The topological polar surface area (TPSA) is 67.2 Å². The van der Waals surface area contributed by atoms with Crippen molar-refractivity contribution in [3.63, 3.8) is 0 Å². The van der Waals surface area contributed by atoms with Crippen LogP contribution in [0.3, 0.4) is 0 Å². The molecule has 0 saturated heterocycles. The van der Waals surface area contributed by atoms with E-state index < -0.39 is 6.23 Å². The number of nitrogens with zero attached hydrogens (tertiary/aromatic N) is 2. The molecule has 0 bridgehead atoms. The Morgan fingerprint density at radius 3 is 3.19 bits per heavy atom. The van der Waals surface area contributed by atoms with E-state index in [1.807, 2.05) is 17.5 Å². The molecule has 0 unspecified atom stereocenters. The van der Waals surface area contributed by atoms with Crippen LogP contribution < -0.4 is 5.32 Å². The number of rotatable bonds is 1. The molecule has 0 aliphatic carbocycles. The van der Waals surface area contributed by atoms with E-state index >= 15 is 0 Å². The van der Waals surface area contributed by atoms with Gasteiger partial charge in [-0.05, 0) is 17.5 Å². The maximum Gasteiger partial charge on any atom is 0.269 e. The zero-order valence-electron chi connectivity index (χ0n) is 8.25. The fraction of sp³-hybridized carbons (Fsp3) is 0.200. The number of aliphatic hydroxyl groups excluding tert-OH is 1. The lowest BCUT2D eigenvalue weighted by molar-refractivity contribution is 0.0594. The number of hydrogen-bond acceptors (Lipinski definition) is 4. The second-order valence-corrected chi connectivity index (χ2v) is 4.48. The van der Waals surface area contributed by atoms with Gasteiger partial charge in [-0.15, -0.1) is 11.3 Å². The Labute approximate surface area is 95.3 Å². The molecule has 3 heterocycles. The molecule has 1 atom stereocenters. The molecule has 2 aromatic rings. The van der Waals surface area contributed by atoms with E-state index in [1.165, 1.54) is 4.68 Å². The van der Waals surface area contributed by atoms with Gasteiger partial charge in [-0.3, -0.25) is 4.79 Å². The Morgan fingerprint density at radius 1 is 1.62 bits per heavy atom. The van der Waals surface area contributed by atoms with Gasteiger partial charge in [0.25, 0.3) is 5.91 Å². The molecule has 1 aliphatic heterocycles. The van der Waals surface area contributed by atoms with Gasteiger partial charge >= 0.3 is 0 Å². The van der Waals surface area contributed by atoms with E-state index in [9.17, 15) is 9.90 Å². The summed E-state index contributed by atoms with van der Waals surface area (Å²) in [5.41, 5.74) is 1.13. The van der Waals surface area contributed by atoms with Gasteiger partial charge in [0.05, 0.1) is 11.4 Å². The van der Waals surface area contributed by atoms with Crippen molar-refractivity contribution in [2.75, 3.05) is 6.54 Å². The highest BCUT2D eigenvalue weighted by Crippen LogP contribution is 2.26. The minimum Gasteiger partial charge on any atom is -0.370 e. The second kappa shape index (κ2) is 3.43. The number of hydrogen-bond donors (Lipinski definition) is 2. The lowest BCUT2D eigenvalue weighted by atomic mass is 10.2. The van der Waals surface area contributed by atoms with Crippen molar-refractivity contribution >= 4 is 17.2 Å². The third-order valence-electron chi connectivity index (χ3n) is 2.47. The number of fused-ring (bicyclic) bond motifs is 1. The first-order valence-corrected chi connectivity index (χ1v) is 5.73. The van der Waals surface area contributed by atoms with Crippen molar-refractivity contribution in [1.29, 1.82) is 0 Å². The van der Waals surface area contributed by atoms with Gasteiger partial charge in [-0.2, -0.15) is 5.10 Å². The molecule has 0 spiro atoms. The van der Waals surface area contributed by atoms with Crippen LogP contribution in [-0.4, -0.2) is 27.3 Å². The first-order chi connectivity index (χ1) is 7.75. The maximum absolute atomic E-state index is 11.5.